The normalized spacial score (nSPS) is 20.0. The Morgan fingerprint density at radius 2 is 0.852 bits per heavy atom. The van der Waals surface area contributed by atoms with Gasteiger partial charge in [0, 0.05) is 52.4 Å². The summed E-state index contributed by atoms with van der Waals surface area (Å²) in [5.74, 6) is -2.92. The van der Waals surface area contributed by atoms with Gasteiger partial charge in [-0.05, 0) is 0 Å². The second-order valence-corrected chi connectivity index (χ2v) is 6.94. The minimum atomic E-state index is -0.989. The summed E-state index contributed by atoms with van der Waals surface area (Å²) in [4.78, 5) is 40.3. The standard InChI is InChI=1S/C15H27N4O7P/c20-13(21)9-16-1-3-17(10-14(22)23)5-7-19(12-27-26)8-6-18(4-2-16)11-15(24)25/h1-12H2,(H,20,21)(H,22,23)(H,24,25). The quantitative estimate of drug-likeness (QED) is 0.415. The summed E-state index contributed by atoms with van der Waals surface area (Å²) in [6.45, 7) is 2.81. The van der Waals surface area contributed by atoms with Gasteiger partial charge in [0.2, 0.25) is 0 Å². The maximum atomic E-state index is 11.1. The topological polar surface area (TPSA) is 142 Å². The van der Waals surface area contributed by atoms with Crippen molar-refractivity contribution in [3.05, 3.63) is 0 Å². The van der Waals surface area contributed by atoms with Crippen LogP contribution in [0, 0.1) is 0 Å². The largest absolute Gasteiger partial charge is 0.480 e. The highest BCUT2D eigenvalue weighted by molar-refractivity contribution is 7.23. The molecule has 154 valence electrons. The molecule has 1 heterocycles. The number of carboxylic acid groups (broad SMARTS) is 3. The maximum Gasteiger partial charge on any atom is 0.317 e. The zero-order valence-electron chi connectivity index (χ0n) is 15.2. The van der Waals surface area contributed by atoms with Gasteiger partial charge in [-0.1, -0.05) is 0 Å². The lowest BCUT2D eigenvalue weighted by molar-refractivity contribution is -0.140. The van der Waals surface area contributed by atoms with Gasteiger partial charge in [0.15, 0.2) is 8.46 Å². The first-order valence-corrected chi connectivity index (χ1v) is 9.63. The highest BCUT2D eigenvalue weighted by atomic mass is 31.1. The highest BCUT2D eigenvalue weighted by Gasteiger charge is 2.19. The second kappa shape index (κ2) is 12.7. The molecule has 12 heteroatoms. The molecule has 1 rings (SSSR count). The number of rotatable bonds is 8. The summed E-state index contributed by atoms with van der Waals surface area (Å²) in [5.41, 5.74) is 0. The Morgan fingerprint density at radius 1 is 0.593 bits per heavy atom. The van der Waals surface area contributed by atoms with E-state index in [0.29, 0.717) is 52.4 Å². The van der Waals surface area contributed by atoms with E-state index in [1.165, 1.54) is 0 Å². The smallest absolute Gasteiger partial charge is 0.317 e. The zero-order chi connectivity index (χ0) is 20.2. The van der Waals surface area contributed by atoms with E-state index < -0.39 is 17.9 Å². The molecular formula is C15H27N4O7P. The van der Waals surface area contributed by atoms with Crippen LogP contribution >= 0.6 is 8.46 Å². The lowest BCUT2D eigenvalue weighted by atomic mass is 10.3. The first-order chi connectivity index (χ1) is 12.8. The van der Waals surface area contributed by atoms with Crippen LogP contribution in [0.2, 0.25) is 0 Å². The minimum absolute atomic E-state index is 0.0530. The van der Waals surface area contributed by atoms with E-state index in [4.69, 9.17) is 15.3 Å². The van der Waals surface area contributed by atoms with Crippen LogP contribution in [0.25, 0.3) is 0 Å². The minimum Gasteiger partial charge on any atom is -0.480 e. The van der Waals surface area contributed by atoms with Gasteiger partial charge in [0.05, 0.1) is 25.9 Å². The summed E-state index contributed by atoms with van der Waals surface area (Å²) in [5, 5.41) is 27.2. The van der Waals surface area contributed by atoms with Crippen molar-refractivity contribution >= 4 is 26.4 Å². The molecule has 0 aromatic heterocycles. The van der Waals surface area contributed by atoms with Crippen molar-refractivity contribution in [3.63, 3.8) is 0 Å². The van der Waals surface area contributed by atoms with Crippen LogP contribution in [0.5, 0.6) is 0 Å². The summed E-state index contributed by atoms with van der Waals surface area (Å²) in [7, 11) is -0.0530. The molecule has 0 bridgehead atoms. The average molecular weight is 406 g/mol. The van der Waals surface area contributed by atoms with E-state index in [1.54, 1.807) is 14.7 Å². The summed E-state index contributed by atoms with van der Waals surface area (Å²) in [6.07, 6.45) is 0.285. The number of carboxylic acids is 3. The fraction of sp³-hybridized carbons (Fsp3) is 0.800. The Labute approximate surface area is 159 Å². The van der Waals surface area contributed by atoms with Crippen molar-refractivity contribution in [1.82, 2.24) is 19.6 Å². The first kappa shape index (κ1) is 23.4. The lowest BCUT2D eigenvalue weighted by Gasteiger charge is -2.32. The molecule has 1 saturated heterocycles. The molecule has 3 N–H and O–H groups in total. The van der Waals surface area contributed by atoms with Crippen molar-refractivity contribution < 1.29 is 34.3 Å². The number of hydrogen-bond donors (Lipinski definition) is 3. The van der Waals surface area contributed by atoms with E-state index >= 15 is 0 Å². The summed E-state index contributed by atoms with van der Waals surface area (Å²) < 4.78 is 11.0. The van der Waals surface area contributed by atoms with Crippen LogP contribution in [-0.2, 0) is 18.9 Å². The summed E-state index contributed by atoms with van der Waals surface area (Å²) in [6, 6.07) is 0. The van der Waals surface area contributed by atoms with E-state index in [0.717, 1.165) is 0 Å². The van der Waals surface area contributed by atoms with E-state index in [2.05, 4.69) is 0 Å². The van der Waals surface area contributed by atoms with E-state index in [-0.39, 0.29) is 34.4 Å². The van der Waals surface area contributed by atoms with Gasteiger partial charge in [-0.15, -0.1) is 0 Å². The van der Waals surface area contributed by atoms with Crippen LogP contribution in [-0.4, -0.2) is 131 Å². The molecule has 0 aromatic rings. The Balaban J connectivity index is 2.86. The van der Waals surface area contributed by atoms with Crippen molar-refractivity contribution in [2.75, 3.05) is 78.3 Å². The SMILES string of the molecule is O=PCN1CCN(CC(=O)O)CCN(CC(=O)O)CCN(CC(=O)O)CC1. The monoisotopic (exact) mass is 406 g/mol. The lowest BCUT2D eigenvalue weighted by Crippen LogP contribution is -2.48. The van der Waals surface area contributed by atoms with Crippen LogP contribution < -0.4 is 0 Å². The molecule has 0 amide bonds. The molecule has 0 atom stereocenters. The molecular weight excluding hydrogens is 379 g/mol. The Hall–Kier alpha value is -1.65. The Kier molecular flexibility index (Phi) is 11.0. The molecule has 0 spiro atoms. The third kappa shape index (κ3) is 10.9. The molecule has 0 aliphatic carbocycles. The molecule has 0 radical (unpaired) electrons. The molecule has 27 heavy (non-hydrogen) atoms. The van der Waals surface area contributed by atoms with E-state index in [9.17, 15) is 18.9 Å². The molecule has 1 fully saturated rings. The van der Waals surface area contributed by atoms with Crippen molar-refractivity contribution in [2.45, 2.75) is 0 Å². The van der Waals surface area contributed by atoms with Crippen LogP contribution in [0.3, 0.4) is 0 Å². The van der Waals surface area contributed by atoms with Gasteiger partial charge >= 0.3 is 17.9 Å². The second-order valence-electron chi connectivity index (χ2n) is 6.40. The van der Waals surface area contributed by atoms with Gasteiger partial charge in [-0.25, -0.2) is 0 Å². The number of hydrogen-bond acceptors (Lipinski definition) is 8. The van der Waals surface area contributed by atoms with Gasteiger partial charge in [0.1, 0.15) is 0 Å². The Morgan fingerprint density at radius 3 is 1.07 bits per heavy atom. The average Bonchev–Trinajstić information content (AvgIpc) is 2.56. The Bertz CT molecular complexity index is 490. The highest BCUT2D eigenvalue weighted by Crippen LogP contribution is 2.04. The predicted molar refractivity (Wildman–Crippen MR) is 96.3 cm³/mol. The molecule has 0 saturated carbocycles. The number of carbonyl (C=O) groups is 3. The van der Waals surface area contributed by atoms with Crippen molar-refractivity contribution in [2.24, 2.45) is 0 Å². The molecule has 0 aromatic carbocycles. The van der Waals surface area contributed by atoms with Gasteiger partial charge in [-0.3, -0.25) is 38.5 Å². The fourth-order valence-corrected chi connectivity index (χ4v) is 3.30. The fourth-order valence-electron chi connectivity index (χ4n) is 2.85. The molecule has 11 nitrogen and oxygen atoms in total. The number of nitrogens with zero attached hydrogens (tertiary/aromatic N) is 4. The first-order valence-electron chi connectivity index (χ1n) is 8.64. The van der Waals surface area contributed by atoms with E-state index in [1.807, 2.05) is 4.90 Å². The van der Waals surface area contributed by atoms with Gasteiger partial charge in [0.25, 0.3) is 0 Å². The maximum absolute atomic E-state index is 11.1. The molecule has 1 aliphatic heterocycles. The molecule has 0 unspecified atom stereocenters. The molecule has 1 aliphatic rings. The van der Waals surface area contributed by atoms with Crippen LogP contribution in [0.15, 0.2) is 0 Å². The third-order valence-corrected chi connectivity index (χ3v) is 4.78. The van der Waals surface area contributed by atoms with Crippen molar-refractivity contribution in [1.29, 1.82) is 0 Å². The third-order valence-electron chi connectivity index (χ3n) is 4.26. The zero-order valence-corrected chi connectivity index (χ0v) is 16.1. The van der Waals surface area contributed by atoms with Crippen LogP contribution in [0.4, 0.5) is 0 Å². The van der Waals surface area contributed by atoms with Crippen molar-refractivity contribution in [3.8, 4) is 0 Å². The van der Waals surface area contributed by atoms with Gasteiger partial charge < -0.3 is 15.3 Å². The summed E-state index contributed by atoms with van der Waals surface area (Å²) >= 11 is 0. The van der Waals surface area contributed by atoms with Crippen LogP contribution in [0.1, 0.15) is 0 Å². The van der Waals surface area contributed by atoms with Gasteiger partial charge in [-0.2, -0.15) is 0 Å². The predicted octanol–water partition coefficient (Wildman–Crippen LogP) is -1.29. The number of aliphatic carboxylic acids is 3.